The minimum absolute atomic E-state index is 0.135. The predicted molar refractivity (Wildman–Crippen MR) is 144 cm³/mol. The molecule has 3 atom stereocenters. The number of nitrogens with two attached hydrogens (primary N) is 1. The number of hydrogen-bond acceptors (Lipinski definition) is 5. The quantitative estimate of drug-likeness (QED) is 0.273. The van der Waals surface area contributed by atoms with E-state index in [1.54, 1.807) is 56.6 Å². The van der Waals surface area contributed by atoms with Crippen LogP contribution in [-0.2, 0) is 10.4 Å². The van der Waals surface area contributed by atoms with E-state index in [9.17, 15) is 23.8 Å². The molecule has 0 saturated heterocycles. The van der Waals surface area contributed by atoms with Crippen molar-refractivity contribution in [3.05, 3.63) is 83.4 Å². The number of hydrogen-bond donors (Lipinski definition) is 3. The number of anilines is 1. The van der Waals surface area contributed by atoms with Gasteiger partial charge in [0.1, 0.15) is 28.5 Å². The van der Waals surface area contributed by atoms with Crippen molar-refractivity contribution in [2.24, 2.45) is 10.8 Å². The third-order valence-electron chi connectivity index (χ3n) is 9.04. The van der Waals surface area contributed by atoms with Crippen LogP contribution >= 0.6 is 0 Å². The first-order valence-electron chi connectivity index (χ1n) is 12.9. The highest BCUT2D eigenvalue weighted by Gasteiger charge is 2.57. The van der Waals surface area contributed by atoms with Crippen LogP contribution in [0.4, 0.5) is 14.6 Å². The van der Waals surface area contributed by atoms with E-state index in [0.29, 0.717) is 41.0 Å². The standard InChI is InChI=1S/C30H32F2N4O3/c1-28(2)21(12-13-29(28,3)27(37)38)26-35-22(23-25(33)34-14-15-36(23)26)17-8-10-19(11-9-17)30(4,39)20-7-5-6-18(16-20)24(31)32/h5-11,14-16,21,24,39H,12-13H2,1-4H3,(H2,33,34)(H,37,38)/t21-,29+,30+/m0/s1. The Kier molecular flexibility index (Phi) is 6.25. The Morgan fingerprint density at radius 3 is 2.46 bits per heavy atom. The van der Waals surface area contributed by atoms with E-state index in [2.05, 4.69) is 4.98 Å². The molecule has 0 spiro atoms. The molecule has 4 aromatic rings. The van der Waals surface area contributed by atoms with Crippen LogP contribution < -0.4 is 5.73 Å². The summed E-state index contributed by atoms with van der Waals surface area (Å²) in [5, 5.41) is 21.3. The molecule has 7 nitrogen and oxygen atoms in total. The second kappa shape index (κ2) is 9.12. The van der Waals surface area contributed by atoms with Crippen LogP contribution in [-0.4, -0.2) is 30.6 Å². The number of nitrogen functional groups attached to an aromatic ring is 1. The molecule has 4 N–H and O–H groups in total. The lowest BCUT2D eigenvalue weighted by molar-refractivity contribution is -0.153. The molecule has 1 fully saturated rings. The molecule has 2 heterocycles. The molecule has 1 aliphatic carbocycles. The molecule has 2 aromatic heterocycles. The number of halogens is 2. The van der Waals surface area contributed by atoms with Crippen LogP contribution in [0.2, 0.25) is 0 Å². The third-order valence-corrected chi connectivity index (χ3v) is 9.04. The Morgan fingerprint density at radius 2 is 1.85 bits per heavy atom. The lowest BCUT2D eigenvalue weighted by Crippen LogP contribution is -2.40. The second-order valence-corrected chi connectivity index (χ2v) is 11.4. The summed E-state index contributed by atoms with van der Waals surface area (Å²) in [5.41, 5.74) is 6.03. The normalized spacial score (nSPS) is 22.3. The first-order chi connectivity index (χ1) is 18.3. The number of fused-ring (bicyclic) bond motifs is 1. The fraction of sp³-hybridized carbons (Fsp3) is 0.367. The number of carboxylic acids is 1. The molecule has 9 heteroatoms. The maximum absolute atomic E-state index is 13.2. The highest BCUT2D eigenvalue weighted by Crippen LogP contribution is 2.60. The summed E-state index contributed by atoms with van der Waals surface area (Å²) in [4.78, 5) is 21.5. The Bertz CT molecular complexity index is 1560. The summed E-state index contributed by atoms with van der Waals surface area (Å²) in [6, 6.07) is 12.9. The molecule has 1 saturated carbocycles. The van der Waals surface area contributed by atoms with E-state index in [1.165, 1.54) is 18.2 Å². The minimum atomic E-state index is -2.64. The second-order valence-electron chi connectivity index (χ2n) is 11.4. The number of aliphatic hydroxyl groups is 1. The molecule has 0 radical (unpaired) electrons. The smallest absolute Gasteiger partial charge is 0.309 e. The van der Waals surface area contributed by atoms with Crippen molar-refractivity contribution in [2.75, 3.05) is 5.73 Å². The van der Waals surface area contributed by atoms with Crippen LogP contribution in [0.3, 0.4) is 0 Å². The zero-order chi connectivity index (χ0) is 28.3. The average molecular weight is 535 g/mol. The van der Waals surface area contributed by atoms with Gasteiger partial charge in [-0.15, -0.1) is 0 Å². The molecule has 204 valence electrons. The topological polar surface area (TPSA) is 114 Å². The van der Waals surface area contributed by atoms with Gasteiger partial charge in [0.25, 0.3) is 6.43 Å². The van der Waals surface area contributed by atoms with E-state index < -0.39 is 28.8 Å². The third kappa shape index (κ3) is 4.07. The van der Waals surface area contributed by atoms with Gasteiger partial charge in [0.15, 0.2) is 0 Å². The van der Waals surface area contributed by atoms with E-state index in [-0.39, 0.29) is 11.5 Å². The Labute approximate surface area is 225 Å². The van der Waals surface area contributed by atoms with Gasteiger partial charge in [-0.1, -0.05) is 56.3 Å². The summed E-state index contributed by atoms with van der Waals surface area (Å²) in [6.45, 7) is 7.32. The number of imidazole rings is 1. The van der Waals surface area contributed by atoms with E-state index in [0.717, 1.165) is 11.4 Å². The van der Waals surface area contributed by atoms with Crippen molar-refractivity contribution in [1.82, 2.24) is 14.4 Å². The number of aromatic nitrogens is 3. The van der Waals surface area contributed by atoms with Crippen LogP contribution in [0.15, 0.2) is 60.9 Å². The molecule has 0 unspecified atom stereocenters. The van der Waals surface area contributed by atoms with Crippen LogP contribution in [0.5, 0.6) is 0 Å². The Morgan fingerprint density at radius 1 is 1.15 bits per heavy atom. The van der Waals surface area contributed by atoms with Gasteiger partial charge < -0.3 is 15.9 Å². The Hall–Kier alpha value is -3.85. The molecular weight excluding hydrogens is 502 g/mol. The van der Waals surface area contributed by atoms with Crippen LogP contribution in [0.1, 0.15) is 75.4 Å². The minimum Gasteiger partial charge on any atom is -0.481 e. The average Bonchev–Trinajstić information content (AvgIpc) is 3.40. The number of rotatable bonds is 6. The molecular formula is C30H32F2N4O3. The van der Waals surface area contributed by atoms with Crippen molar-refractivity contribution in [1.29, 1.82) is 0 Å². The predicted octanol–water partition coefficient (Wildman–Crippen LogP) is 6.17. The summed E-state index contributed by atoms with van der Waals surface area (Å²) in [5.74, 6) is 0.0645. The van der Waals surface area contributed by atoms with Gasteiger partial charge in [-0.3, -0.25) is 9.20 Å². The van der Waals surface area contributed by atoms with E-state index in [1.807, 2.05) is 18.2 Å². The lowest BCUT2D eigenvalue weighted by atomic mass is 9.65. The van der Waals surface area contributed by atoms with Crippen molar-refractivity contribution in [3.63, 3.8) is 0 Å². The molecule has 0 aliphatic heterocycles. The van der Waals surface area contributed by atoms with Crippen molar-refractivity contribution < 1.29 is 23.8 Å². The van der Waals surface area contributed by atoms with Gasteiger partial charge in [-0.25, -0.2) is 18.7 Å². The molecule has 2 aromatic carbocycles. The van der Waals surface area contributed by atoms with Crippen molar-refractivity contribution >= 4 is 17.3 Å². The summed E-state index contributed by atoms with van der Waals surface area (Å²) in [7, 11) is 0. The number of carbonyl (C=O) groups is 1. The highest BCUT2D eigenvalue weighted by atomic mass is 19.3. The summed E-state index contributed by atoms with van der Waals surface area (Å²) in [6.07, 6.45) is 1.95. The fourth-order valence-electron chi connectivity index (χ4n) is 5.97. The first-order valence-corrected chi connectivity index (χ1v) is 12.9. The number of carboxylic acid groups (broad SMARTS) is 1. The molecule has 5 rings (SSSR count). The molecule has 1 aliphatic rings. The van der Waals surface area contributed by atoms with Gasteiger partial charge in [0.2, 0.25) is 0 Å². The maximum atomic E-state index is 13.2. The summed E-state index contributed by atoms with van der Waals surface area (Å²) < 4.78 is 28.4. The number of alkyl halides is 2. The van der Waals surface area contributed by atoms with Gasteiger partial charge in [0.05, 0.1) is 5.41 Å². The largest absolute Gasteiger partial charge is 0.481 e. The van der Waals surface area contributed by atoms with Gasteiger partial charge >= 0.3 is 5.97 Å². The van der Waals surface area contributed by atoms with Gasteiger partial charge in [-0.2, -0.15) is 0 Å². The SMILES string of the molecule is CC1(C)[C@H](c2nc(-c3ccc([C@@](C)(O)c4cccc(C(F)F)c4)cc3)c3c(N)nccn23)CC[C@]1(C)C(=O)O. The van der Waals surface area contributed by atoms with E-state index >= 15 is 0 Å². The van der Waals surface area contributed by atoms with Crippen molar-refractivity contribution in [2.45, 2.75) is 58.5 Å². The van der Waals surface area contributed by atoms with Gasteiger partial charge in [0, 0.05) is 29.4 Å². The maximum Gasteiger partial charge on any atom is 0.309 e. The zero-order valence-corrected chi connectivity index (χ0v) is 22.3. The van der Waals surface area contributed by atoms with Crippen LogP contribution in [0, 0.1) is 10.8 Å². The lowest BCUT2D eigenvalue weighted by Gasteiger charge is -2.38. The highest BCUT2D eigenvalue weighted by molar-refractivity contribution is 5.85. The number of nitrogens with zero attached hydrogens (tertiary/aromatic N) is 3. The molecule has 0 bridgehead atoms. The summed E-state index contributed by atoms with van der Waals surface area (Å²) >= 11 is 0. The molecule has 0 amide bonds. The monoisotopic (exact) mass is 534 g/mol. The van der Waals surface area contributed by atoms with Crippen molar-refractivity contribution in [3.8, 4) is 11.3 Å². The first kappa shape index (κ1) is 26.7. The van der Waals surface area contributed by atoms with E-state index in [4.69, 9.17) is 10.7 Å². The Balaban J connectivity index is 1.57. The fourth-order valence-corrected chi connectivity index (χ4v) is 5.97. The zero-order valence-electron chi connectivity index (χ0n) is 22.3. The van der Waals surface area contributed by atoms with Gasteiger partial charge in [-0.05, 0) is 49.3 Å². The molecule has 39 heavy (non-hydrogen) atoms. The number of benzene rings is 2. The number of aliphatic carboxylic acids is 1. The van der Waals surface area contributed by atoms with Crippen LogP contribution in [0.25, 0.3) is 16.8 Å².